The van der Waals surface area contributed by atoms with Crippen LogP contribution in [-0.4, -0.2) is 25.8 Å². The van der Waals surface area contributed by atoms with E-state index in [4.69, 9.17) is 4.74 Å². The Morgan fingerprint density at radius 3 is 2.20 bits per heavy atom. The normalized spacial score (nSPS) is 21.4. The predicted octanol–water partition coefficient (Wildman–Crippen LogP) is 2.83. The van der Waals surface area contributed by atoms with E-state index in [1.54, 1.807) is 0 Å². The molecule has 1 saturated carbocycles. The van der Waals surface area contributed by atoms with Gasteiger partial charge in [-0.15, -0.1) is 0 Å². The zero-order valence-corrected chi connectivity index (χ0v) is 11.0. The first-order chi connectivity index (χ1) is 6.87. The quantitative estimate of drug-likeness (QED) is 0.732. The summed E-state index contributed by atoms with van der Waals surface area (Å²) in [6, 6.07) is 0. The van der Waals surface area contributed by atoms with Crippen molar-refractivity contribution in [1.29, 1.82) is 0 Å². The largest absolute Gasteiger partial charge is 0.376 e. The molecule has 1 atom stereocenters. The number of nitrogens with one attached hydrogen (secondary N) is 1. The van der Waals surface area contributed by atoms with Gasteiger partial charge in [0.2, 0.25) is 0 Å². The minimum atomic E-state index is 0.00407. The standard InChI is InChI=1S/C13H27NO/c1-12(2,3)15-9-8-13(4,10-14-5)11-6-7-11/h11,14H,6-10H2,1-5H3. The van der Waals surface area contributed by atoms with Crippen LogP contribution in [0.2, 0.25) is 0 Å². The molecular formula is C13H27NO. The van der Waals surface area contributed by atoms with E-state index < -0.39 is 0 Å². The summed E-state index contributed by atoms with van der Waals surface area (Å²) in [4.78, 5) is 0. The number of hydrogen-bond acceptors (Lipinski definition) is 2. The molecule has 0 heterocycles. The number of ether oxygens (including phenoxy) is 1. The molecule has 0 amide bonds. The van der Waals surface area contributed by atoms with E-state index in [-0.39, 0.29) is 5.60 Å². The minimum Gasteiger partial charge on any atom is -0.376 e. The maximum Gasteiger partial charge on any atom is 0.0598 e. The van der Waals surface area contributed by atoms with Crippen molar-refractivity contribution >= 4 is 0 Å². The molecule has 0 bridgehead atoms. The first kappa shape index (κ1) is 13.0. The zero-order chi connectivity index (χ0) is 11.5. The summed E-state index contributed by atoms with van der Waals surface area (Å²) in [6.45, 7) is 10.8. The molecule has 1 unspecified atom stereocenters. The SMILES string of the molecule is CNCC(C)(CCOC(C)(C)C)C1CC1. The second-order valence-electron chi connectivity index (χ2n) is 6.17. The Morgan fingerprint density at radius 1 is 1.20 bits per heavy atom. The molecule has 0 aromatic carbocycles. The third-order valence-corrected chi connectivity index (χ3v) is 3.35. The molecule has 1 fully saturated rings. The molecule has 0 spiro atoms. The van der Waals surface area contributed by atoms with Gasteiger partial charge in [-0.3, -0.25) is 0 Å². The topological polar surface area (TPSA) is 21.3 Å². The first-order valence-corrected chi connectivity index (χ1v) is 6.16. The summed E-state index contributed by atoms with van der Waals surface area (Å²) in [7, 11) is 2.05. The fourth-order valence-electron chi connectivity index (χ4n) is 2.21. The molecule has 15 heavy (non-hydrogen) atoms. The highest BCUT2D eigenvalue weighted by atomic mass is 16.5. The van der Waals surface area contributed by atoms with Crippen LogP contribution in [0.4, 0.5) is 0 Å². The average molecular weight is 213 g/mol. The summed E-state index contributed by atoms with van der Waals surface area (Å²) in [5, 5.41) is 3.32. The van der Waals surface area contributed by atoms with Crippen molar-refractivity contribution in [3.63, 3.8) is 0 Å². The van der Waals surface area contributed by atoms with Gasteiger partial charge in [-0.25, -0.2) is 0 Å². The highest BCUT2D eigenvalue weighted by Crippen LogP contribution is 2.47. The predicted molar refractivity (Wildman–Crippen MR) is 65.1 cm³/mol. The van der Waals surface area contributed by atoms with Crippen LogP contribution < -0.4 is 5.32 Å². The second kappa shape index (κ2) is 4.84. The molecule has 1 rings (SSSR count). The van der Waals surface area contributed by atoms with Gasteiger partial charge < -0.3 is 10.1 Å². The van der Waals surface area contributed by atoms with Gasteiger partial charge in [0.1, 0.15) is 0 Å². The molecule has 1 aliphatic carbocycles. The lowest BCUT2D eigenvalue weighted by molar-refractivity contribution is -0.0193. The van der Waals surface area contributed by atoms with Crippen molar-refractivity contribution in [3.8, 4) is 0 Å². The summed E-state index contributed by atoms with van der Waals surface area (Å²) >= 11 is 0. The van der Waals surface area contributed by atoms with Crippen molar-refractivity contribution in [2.24, 2.45) is 11.3 Å². The van der Waals surface area contributed by atoms with Gasteiger partial charge in [-0.05, 0) is 58.4 Å². The maximum atomic E-state index is 5.82. The number of rotatable bonds is 6. The monoisotopic (exact) mass is 213 g/mol. The first-order valence-electron chi connectivity index (χ1n) is 6.16. The molecular weight excluding hydrogens is 186 g/mol. The van der Waals surface area contributed by atoms with Gasteiger partial charge in [0.05, 0.1) is 5.60 Å². The van der Waals surface area contributed by atoms with E-state index in [0.29, 0.717) is 5.41 Å². The summed E-state index contributed by atoms with van der Waals surface area (Å²) < 4.78 is 5.82. The van der Waals surface area contributed by atoms with Crippen molar-refractivity contribution in [3.05, 3.63) is 0 Å². The second-order valence-corrected chi connectivity index (χ2v) is 6.17. The lowest BCUT2D eigenvalue weighted by atomic mass is 9.81. The Bertz CT molecular complexity index is 193. The molecule has 0 aromatic rings. The van der Waals surface area contributed by atoms with Crippen molar-refractivity contribution < 1.29 is 4.74 Å². The molecule has 0 saturated heterocycles. The van der Waals surface area contributed by atoms with Crippen molar-refractivity contribution in [1.82, 2.24) is 5.32 Å². The Labute approximate surface area is 94.8 Å². The van der Waals surface area contributed by atoms with Crippen LogP contribution in [0.25, 0.3) is 0 Å². The lowest BCUT2D eigenvalue weighted by Crippen LogP contribution is -2.34. The molecule has 2 heteroatoms. The van der Waals surface area contributed by atoms with E-state index in [9.17, 15) is 0 Å². The van der Waals surface area contributed by atoms with E-state index in [2.05, 4.69) is 33.0 Å². The van der Waals surface area contributed by atoms with E-state index in [1.165, 1.54) is 19.3 Å². The van der Waals surface area contributed by atoms with Crippen molar-refractivity contribution in [2.75, 3.05) is 20.2 Å². The minimum absolute atomic E-state index is 0.00407. The van der Waals surface area contributed by atoms with Crippen LogP contribution in [0.3, 0.4) is 0 Å². The molecule has 90 valence electrons. The molecule has 0 aliphatic heterocycles. The number of hydrogen-bond donors (Lipinski definition) is 1. The molecule has 0 aromatic heterocycles. The van der Waals surface area contributed by atoms with Gasteiger partial charge >= 0.3 is 0 Å². The van der Waals surface area contributed by atoms with Gasteiger partial charge in [0.25, 0.3) is 0 Å². The molecule has 0 radical (unpaired) electrons. The van der Waals surface area contributed by atoms with Crippen LogP contribution in [0.15, 0.2) is 0 Å². The summed E-state index contributed by atoms with van der Waals surface area (Å²) in [5.41, 5.74) is 0.449. The molecule has 1 aliphatic rings. The Kier molecular flexibility index (Phi) is 4.19. The van der Waals surface area contributed by atoms with Crippen LogP contribution in [0.1, 0.15) is 47.0 Å². The van der Waals surface area contributed by atoms with E-state index in [0.717, 1.165) is 19.1 Å². The maximum absolute atomic E-state index is 5.82. The van der Waals surface area contributed by atoms with Gasteiger partial charge in [-0.2, -0.15) is 0 Å². The fourth-order valence-corrected chi connectivity index (χ4v) is 2.21. The smallest absolute Gasteiger partial charge is 0.0598 e. The average Bonchev–Trinajstić information content (AvgIpc) is 2.83. The van der Waals surface area contributed by atoms with E-state index in [1.807, 2.05) is 7.05 Å². The van der Waals surface area contributed by atoms with Crippen LogP contribution in [0.5, 0.6) is 0 Å². The highest BCUT2D eigenvalue weighted by Gasteiger charge is 2.40. The highest BCUT2D eigenvalue weighted by molar-refractivity contribution is 4.92. The van der Waals surface area contributed by atoms with Gasteiger partial charge in [0, 0.05) is 13.2 Å². The Morgan fingerprint density at radius 2 is 1.80 bits per heavy atom. The van der Waals surface area contributed by atoms with Gasteiger partial charge in [0.15, 0.2) is 0 Å². The summed E-state index contributed by atoms with van der Waals surface area (Å²) in [6.07, 6.45) is 4.00. The van der Waals surface area contributed by atoms with Crippen LogP contribution >= 0.6 is 0 Å². The van der Waals surface area contributed by atoms with Crippen LogP contribution in [0, 0.1) is 11.3 Å². The molecule has 2 nitrogen and oxygen atoms in total. The van der Waals surface area contributed by atoms with E-state index >= 15 is 0 Å². The molecule has 1 N–H and O–H groups in total. The van der Waals surface area contributed by atoms with Crippen molar-refractivity contribution in [2.45, 2.75) is 52.6 Å². The third kappa shape index (κ3) is 4.52. The summed E-state index contributed by atoms with van der Waals surface area (Å²) in [5.74, 6) is 0.925. The Hall–Kier alpha value is -0.0800. The van der Waals surface area contributed by atoms with Gasteiger partial charge in [-0.1, -0.05) is 6.92 Å². The third-order valence-electron chi connectivity index (χ3n) is 3.35. The zero-order valence-electron chi connectivity index (χ0n) is 11.0. The van der Waals surface area contributed by atoms with Crippen LogP contribution in [-0.2, 0) is 4.74 Å². The lowest BCUT2D eigenvalue weighted by Gasteiger charge is -2.31. The fraction of sp³-hybridized carbons (Fsp3) is 1.00. The Balaban J connectivity index is 2.32.